The van der Waals surface area contributed by atoms with Crippen molar-refractivity contribution in [3.63, 3.8) is 0 Å². The molecule has 0 amide bonds. The first-order valence-electron chi connectivity index (χ1n) is 5.30. The van der Waals surface area contributed by atoms with Crippen LogP contribution >= 0.6 is 0 Å². The summed E-state index contributed by atoms with van der Waals surface area (Å²) >= 11 is 0. The Morgan fingerprint density at radius 3 is 2.69 bits per heavy atom. The molecular formula is C10H21N3. The Morgan fingerprint density at radius 1 is 1.46 bits per heavy atom. The lowest BCUT2D eigenvalue weighted by Crippen LogP contribution is -2.46. The van der Waals surface area contributed by atoms with Gasteiger partial charge in [0.2, 0.25) is 0 Å². The van der Waals surface area contributed by atoms with E-state index in [0.717, 1.165) is 19.0 Å². The van der Waals surface area contributed by atoms with E-state index >= 15 is 0 Å². The van der Waals surface area contributed by atoms with Gasteiger partial charge in [-0.3, -0.25) is 4.99 Å². The van der Waals surface area contributed by atoms with Crippen molar-refractivity contribution >= 4 is 5.96 Å². The molecule has 0 saturated heterocycles. The normalized spacial score (nSPS) is 17.5. The van der Waals surface area contributed by atoms with E-state index in [1.54, 1.807) is 0 Å². The Balaban J connectivity index is 2.45. The van der Waals surface area contributed by atoms with Gasteiger partial charge < -0.3 is 10.2 Å². The summed E-state index contributed by atoms with van der Waals surface area (Å²) in [4.78, 5) is 6.69. The summed E-state index contributed by atoms with van der Waals surface area (Å²) in [5.74, 6) is 1.08. The van der Waals surface area contributed by atoms with Crippen LogP contribution in [0.25, 0.3) is 0 Å². The highest BCUT2D eigenvalue weighted by Crippen LogP contribution is 2.02. The van der Waals surface area contributed by atoms with Crippen LogP contribution in [0, 0.1) is 0 Å². The molecule has 0 fully saturated rings. The molecule has 1 aliphatic heterocycles. The number of aliphatic imine (C=N–C) groups is 1. The van der Waals surface area contributed by atoms with Gasteiger partial charge in [-0.1, -0.05) is 13.8 Å². The molecule has 0 saturated carbocycles. The molecule has 3 heteroatoms. The number of rotatable bonds is 3. The molecule has 0 radical (unpaired) electrons. The summed E-state index contributed by atoms with van der Waals surface area (Å²) in [6, 6.07) is 0.583. The first-order valence-corrected chi connectivity index (χ1v) is 5.30. The van der Waals surface area contributed by atoms with Crippen LogP contribution in [0.1, 0.15) is 33.1 Å². The SMILES string of the molecule is CCC(CC)NC1=NCCCN1C. The molecule has 0 atom stereocenters. The van der Waals surface area contributed by atoms with Crippen LogP contribution < -0.4 is 5.32 Å². The molecule has 0 spiro atoms. The van der Waals surface area contributed by atoms with Crippen molar-refractivity contribution in [1.82, 2.24) is 10.2 Å². The van der Waals surface area contributed by atoms with Gasteiger partial charge >= 0.3 is 0 Å². The number of nitrogens with zero attached hydrogens (tertiary/aromatic N) is 2. The van der Waals surface area contributed by atoms with Crippen LogP contribution in [0.2, 0.25) is 0 Å². The smallest absolute Gasteiger partial charge is 0.193 e. The van der Waals surface area contributed by atoms with Crippen LogP contribution in [-0.4, -0.2) is 37.0 Å². The summed E-state index contributed by atoms with van der Waals surface area (Å²) in [6.07, 6.45) is 3.53. The van der Waals surface area contributed by atoms with Gasteiger partial charge in [-0.15, -0.1) is 0 Å². The number of hydrogen-bond donors (Lipinski definition) is 1. The van der Waals surface area contributed by atoms with E-state index < -0.39 is 0 Å². The van der Waals surface area contributed by atoms with Crippen molar-refractivity contribution in [2.75, 3.05) is 20.1 Å². The third kappa shape index (κ3) is 2.90. The highest BCUT2D eigenvalue weighted by molar-refractivity contribution is 5.80. The number of nitrogens with one attached hydrogen (secondary N) is 1. The molecule has 0 aliphatic carbocycles. The Kier molecular flexibility index (Phi) is 4.06. The lowest BCUT2D eigenvalue weighted by Gasteiger charge is -2.28. The van der Waals surface area contributed by atoms with E-state index in [1.165, 1.54) is 19.3 Å². The second-order valence-electron chi connectivity index (χ2n) is 3.64. The maximum absolute atomic E-state index is 4.48. The van der Waals surface area contributed by atoms with Crippen LogP contribution in [0.4, 0.5) is 0 Å². The molecule has 0 unspecified atom stereocenters. The Labute approximate surface area is 81.2 Å². The minimum Gasteiger partial charge on any atom is -0.354 e. The third-order valence-electron chi connectivity index (χ3n) is 2.59. The summed E-state index contributed by atoms with van der Waals surface area (Å²) in [7, 11) is 2.10. The van der Waals surface area contributed by atoms with E-state index in [1.807, 2.05) is 0 Å². The highest BCUT2D eigenvalue weighted by atomic mass is 15.3. The van der Waals surface area contributed by atoms with Gasteiger partial charge in [-0.05, 0) is 19.3 Å². The van der Waals surface area contributed by atoms with Gasteiger partial charge in [0.1, 0.15) is 0 Å². The molecular weight excluding hydrogens is 162 g/mol. The Hall–Kier alpha value is -0.730. The molecule has 0 aromatic rings. The zero-order valence-electron chi connectivity index (χ0n) is 9.01. The zero-order valence-corrected chi connectivity index (χ0v) is 9.01. The monoisotopic (exact) mass is 183 g/mol. The molecule has 0 aromatic carbocycles. The standard InChI is InChI=1S/C10H21N3/c1-4-9(5-2)12-10-11-7-6-8-13(10)3/h9H,4-8H2,1-3H3,(H,11,12). The van der Waals surface area contributed by atoms with Crippen LogP contribution in [-0.2, 0) is 0 Å². The van der Waals surface area contributed by atoms with Crippen LogP contribution in [0.5, 0.6) is 0 Å². The van der Waals surface area contributed by atoms with Crippen molar-refractivity contribution in [2.45, 2.75) is 39.2 Å². The summed E-state index contributed by atoms with van der Waals surface area (Å²) < 4.78 is 0. The molecule has 0 aromatic heterocycles. The Bertz CT molecular complexity index is 173. The summed E-state index contributed by atoms with van der Waals surface area (Å²) in [5, 5.41) is 3.48. The number of guanidine groups is 1. The molecule has 13 heavy (non-hydrogen) atoms. The first kappa shape index (κ1) is 10.4. The maximum atomic E-state index is 4.48. The molecule has 3 nitrogen and oxygen atoms in total. The van der Waals surface area contributed by atoms with Gasteiger partial charge in [-0.25, -0.2) is 0 Å². The fraction of sp³-hybridized carbons (Fsp3) is 0.900. The predicted molar refractivity (Wildman–Crippen MR) is 57.1 cm³/mol. The third-order valence-corrected chi connectivity index (χ3v) is 2.59. The lowest BCUT2D eigenvalue weighted by molar-refractivity contribution is 0.426. The molecule has 0 bridgehead atoms. The van der Waals surface area contributed by atoms with Crippen molar-refractivity contribution in [3.05, 3.63) is 0 Å². The van der Waals surface area contributed by atoms with E-state index in [0.29, 0.717) is 6.04 Å². The molecule has 76 valence electrons. The van der Waals surface area contributed by atoms with Gasteiger partial charge in [-0.2, -0.15) is 0 Å². The zero-order chi connectivity index (χ0) is 9.68. The largest absolute Gasteiger partial charge is 0.354 e. The van der Waals surface area contributed by atoms with Crippen molar-refractivity contribution in [1.29, 1.82) is 0 Å². The van der Waals surface area contributed by atoms with Crippen molar-refractivity contribution in [3.8, 4) is 0 Å². The molecule has 1 aliphatic rings. The van der Waals surface area contributed by atoms with Crippen molar-refractivity contribution in [2.24, 2.45) is 4.99 Å². The molecule has 1 N–H and O–H groups in total. The predicted octanol–water partition coefficient (Wildman–Crippen LogP) is 1.46. The lowest BCUT2D eigenvalue weighted by atomic mass is 10.2. The average molecular weight is 183 g/mol. The minimum atomic E-state index is 0.583. The van der Waals surface area contributed by atoms with Gasteiger partial charge in [0, 0.05) is 26.2 Å². The molecule has 1 rings (SSSR count). The minimum absolute atomic E-state index is 0.583. The fourth-order valence-corrected chi connectivity index (χ4v) is 1.55. The fourth-order valence-electron chi connectivity index (χ4n) is 1.55. The van der Waals surface area contributed by atoms with Crippen LogP contribution in [0.15, 0.2) is 4.99 Å². The van der Waals surface area contributed by atoms with E-state index in [9.17, 15) is 0 Å². The van der Waals surface area contributed by atoms with E-state index in [2.05, 4.69) is 36.1 Å². The highest BCUT2D eigenvalue weighted by Gasteiger charge is 2.13. The van der Waals surface area contributed by atoms with Gasteiger partial charge in [0.25, 0.3) is 0 Å². The maximum Gasteiger partial charge on any atom is 0.193 e. The Morgan fingerprint density at radius 2 is 2.15 bits per heavy atom. The second kappa shape index (κ2) is 5.10. The van der Waals surface area contributed by atoms with E-state index in [-0.39, 0.29) is 0 Å². The second-order valence-corrected chi connectivity index (χ2v) is 3.64. The topological polar surface area (TPSA) is 27.6 Å². The first-order chi connectivity index (χ1) is 6.27. The summed E-state index contributed by atoms with van der Waals surface area (Å²) in [5.41, 5.74) is 0. The van der Waals surface area contributed by atoms with Gasteiger partial charge in [0.15, 0.2) is 5.96 Å². The van der Waals surface area contributed by atoms with Gasteiger partial charge in [0.05, 0.1) is 0 Å². The number of hydrogen-bond acceptors (Lipinski definition) is 3. The summed E-state index contributed by atoms with van der Waals surface area (Å²) in [6.45, 7) is 6.54. The average Bonchev–Trinajstić information content (AvgIpc) is 2.17. The molecule has 1 heterocycles. The van der Waals surface area contributed by atoms with Crippen LogP contribution in [0.3, 0.4) is 0 Å². The van der Waals surface area contributed by atoms with Crippen molar-refractivity contribution < 1.29 is 0 Å². The quantitative estimate of drug-likeness (QED) is 0.717. The van der Waals surface area contributed by atoms with E-state index in [4.69, 9.17) is 0 Å².